The van der Waals surface area contributed by atoms with Gasteiger partial charge in [0, 0.05) is 6.61 Å². The van der Waals surface area contributed by atoms with Gasteiger partial charge >= 0.3 is 0 Å². The predicted octanol–water partition coefficient (Wildman–Crippen LogP) is 6.03. The Hall–Kier alpha value is -0.340. The highest BCUT2D eigenvalue weighted by Gasteiger charge is 1.92. The Bertz CT molecular complexity index is 214. The first-order valence-electron chi connectivity index (χ1n) is 9.75. The second-order valence-corrected chi connectivity index (χ2v) is 6.27. The molecule has 0 fully saturated rings. The molecular formula is C20H40O2. The number of hydrogen-bond donors (Lipinski definition) is 1. The van der Waals surface area contributed by atoms with Crippen molar-refractivity contribution >= 4 is 0 Å². The molecule has 0 saturated heterocycles. The number of aliphatic hydroxyl groups excluding tert-OH is 1. The number of unbranched alkanes of at least 4 members (excludes halogenated alkanes) is 12. The van der Waals surface area contributed by atoms with Gasteiger partial charge in [0.2, 0.25) is 0 Å². The van der Waals surface area contributed by atoms with E-state index >= 15 is 0 Å². The van der Waals surface area contributed by atoms with Crippen LogP contribution in [0.15, 0.2) is 12.2 Å². The van der Waals surface area contributed by atoms with E-state index in [0.29, 0.717) is 6.61 Å². The third-order valence-electron chi connectivity index (χ3n) is 4.04. The zero-order valence-electron chi connectivity index (χ0n) is 15.0. The van der Waals surface area contributed by atoms with Gasteiger partial charge in [-0.05, 0) is 25.7 Å². The molecule has 2 nitrogen and oxygen atoms in total. The van der Waals surface area contributed by atoms with E-state index in [9.17, 15) is 0 Å². The van der Waals surface area contributed by atoms with E-state index in [4.69, 9.17) is 9.84 Å². The highest BCUT2D eigenvalue weighted by Crippen LogP contribution is 2.12. The molecule has 0 spiro atoms. The fourth-order valence-corrected chi connectivity index (χ4v) is 2.63. The Kier molecular flexibility index (Phi) is 20.3. The summed E-state index contributed by atoms with van der Waals surface area (Å²) in [6.45, 7) is 3.66. The summed E-state index contributed by atoms with van der Waals surface area (Å²) < 4.78 is 5.22. The smallest absolute Gasteiger partial charge is 0.0697 e. The predicted molar refractivity (Wildman–Crippen MR) is 97.4 cm³/mol. The van der Waals surface area contributed by atoms with Crippen LogP contribution < -0.4 is 0 Å². The van der Waals surface area contributed by atoms with Gasteiger partial charge in [0.1, 0.15) is 0 Å². The lowest BCUT2D eigenvalue weighted by atomic mass is 10.1. The molecule has 2 heteroatoms. The van der Waals surface area contributed by atoms with Gasteiger partial charge in [0.15, 0.2) is 0 Å². The van der Waals surface area contributed by atoms with Crippen LogP contribution in [0.4, 0.5) is 0 Å². The Morgan fingerprint density at radius 3 is 1.68 bits per heavy atom. The van der Waals surface area contributed by atoms with Gasteiger partial charge in [-0.2, -0.15) is 0 Å². The average molecular weight is 313 g/mol. The van der Waals surface area contributed by atoms with E-state index in [1.807, 2.05) is 0 Å². The number of rotatable bonds is 18. The van der Waals surface area contributed by atoms with Crippen LogP contribution in [0, 0.1) is 0 Å². The summed E-state index contributed by atoms with van der Waals surface area (Å²) in [6, 6.07) is 0. The van der Waals surface area contributed by atoms with Gasteiger partial charge < -0.3 is 9.84 Å². The normalized spacial score (nSPS) is 11.5. The molecule has 0 radical (unpaired) electrons. The quantitative estimate of drug-likeness (QED) is 0.247. The number of hydrogen-bond acceptors (Lipinski definition) is 2. The largest absolute Gasteiger partial charge is 0.394 e. The highest BCUT2D eigenvalue weighted by molar-refractivity contribution is 4.81. The van der Waals surface area contributed by atoms with E-state index < -0.39 is 0 Å². The monoisotopic (exact) mass is 312 g/mol. The lowest BCUT2D eigenvalue weighted by Crippen LogP contribution is -1.99. The van der Waals surface area contributed by atoms with Crippen LogP contribution in [-0.4, -0.2) is 24.9 Å². The van der Waals surface area contributed by atoms with Crippen LogP contribution in [0.1, 0.15) is 96.8 Å². The fraction of sp³-hybridized carbons (Fsp3) is 0.900. The maximum absolute atomic E-state index is 8.56. The first kappa shape index (κ1) is 21.7. The van der Waals surface area contributed by atoms with Crippen LogP contribution in [0.25, 0.3) is 0 Å². The topological polar surface area (TPSA) is 29.5 Å². The Morgan fingerprint density at radius 2 is 1.14 bits per heavy atom. The molecule has 0 aromatic rings. The second-order valence-electron chi connectivity index (χ2n) is 6.27. The van der Waals surface area contributed by atoms with Crippen molar-refractivity contribution in [2.45, 2.75) is 96.8 Å². The van der Waals surface area contributed by atoms with Crippen LogP contribution in [-0.2, 0) is 4.74 Å². The SMILES string of the molecule is CCCCCCCCCCCCCC=CCCCOCCO. The van der Waals surface area contributed by atoms with Gasteiger partial charge in [0.25, 0.3) is 0 Å². The van der Waals surface area contributed by atoms with Gasteiger partial charge in [-0.3, -0.25) is 0 Å². The van der Waals surface area contributed by atoms with Crippen molar-refractivity contribution in [3.63, 3.8) is 0 Å². The molecule has 1 N–H and O–H groups in total. The second kappa shape index (κ2) is 20.7. The van der Waals surface area contributed by atoms with E-state index in [1.54, 1.807) is 0 Å². The van der Waals surface area contributed by atoms with E-state index in [0.717, 1.165) is 19.4 Å². The average Bonchev–Trinajstić information content (AvgIpc) is 2.54. The maximum Gasteiger partial charge on any atom is 0.0697 e. The van der Waals surface area contributed by atoms with Crippen molar-refractivity contribution in [2.75, 3.05) is 19.8 Å². The summed E-state index contributed by atoms with van der Waals surface area (Å²) in [5, 5.41) is 8.56. The molecule has 0 atom stereocenters. The third kappa shape index (κ3) is 19.7. The summed E-state index contributed by atoms with van der Waals surface area (Å²) in [6.07, 6.45) is 23.6. The van der Waals surface area contributed by atoms with E-state index in [1.165, 1.54) is 77.0 Å². The van der Waals surface area contributed by atoms with Gasteiger partial charge in [-0.25, -0.2) is 0 Å². The van der Waals surface area contributed by atoms with Crippen molar-refractivity contribution in [2.24, 2.45) is 0 Å². The van der Waals surface area contributed by atoms with Crippen molar-refractivity contribution in [3.8, 4) is 0 Å². The zero-order chi connectivity index (χ0) is 16.1. The number of ether oxygens (including phenoxy) is 1. The molecule has 0 aromatic heterocycles. The molecule has 0 unspecified atom stereocenters. The zero-order valence-corrected chi connectivity index (χ0v) is 15.0. The van der Waals surface area contributed by atoms with Gasteiger partial charge in [-0.1, -0.05) is 83.3 Å². The third-order valence-corrected chi connectivity index (χ3v) is 4.04. The van der Waals surface area contributed by atoms with Crippen LogP contribution in [0.3, 0.4) is 0 Å². The van der Waals surface area contributed by atoms with E-state index in [2.05, 4.69) is 19.1 Å². The molecular weight excluding hydrogens is 272 g/mol. The molecule has 0 aliphatic carbocycles. The molecule has 0 aliphatic heterocycles. The molecule has 0 bridgehead atoms. The Balaban J connectivity index is 3.01. The van der Waals surface area contributed by atoms with Gasteiger partial charge in [0.05, 0.1) is 13.2 Å². The van der Waals surface area contributed by atoms with Crippen LogP contribution in [0.5, 0.6) is 0 Å². The molecule has 132 valence electrons. The number of allylic oxidation sites excluding steroid dienone is 2. The minimum absolute atomic E-state index is 0.134. The van der Waals surface area contributed by atoms with Crippen molar-refractivity contribution in [1.82, 2.24) is 0 Å². The van der Waals surface area contributed by atoms with Crippen LogP contribution >= 0.6 is 0 Å². The molecule has 0 rings (SSSR count). The Labute approximate surface area is 139 Å². The molecule has 0 aromatic carbocycles. The fourth-order valence-electron chi connectivity index (χ4n) is 2.63. The lowest BCUT2D eigenvalue weighted by molar-refractivity contribution is 0.0911. The van der Waals surface area contributed by atoms with Crippen molar-refractivity contribution < 1.29 is 9.84 Å². The summed E-state index contributed by atoms with van der Waals surface area (Å²) >= 11 is 0. The molecule has 0 saturated carbocycles. The molecule has 0 amide bonds. The lowest BCUT2D eigenvalue weighted by Gasteiger charge is -2.01. The van der Waals surface area contributed by atoms with Crippen molar-refractivity contribution in [3.05, 3.63) is 12.2 Å². The van der Waals surface area contributed by atoms with E-state index in [-0.39, 0.29) is 6.61 Å². The number of aliphatic hydroxyl groups is 1. The first-order valence-corrected chi connectivity index (χ1v) is 9.75. The first-order chi connectivity index (χ1) is 10.9. The van der Waals surface area contributed by atoms with Gasteiger partial charge in [-0.15, -0.1) is 0 Å². The minimum Gasteiger partial charge on any atom is -0.394 e. The summed E-state index contributed by atoms with van der Waals surface area (Å²) in [5.74, 6) is 0. The highest BCUT2D eigenvalue weighted by atomic mass is 16.5. The summed E-state index contributed by atoms with van der Waals surface area (Å²) in [4.78, 5) is 0. The Morgan fingerprint density at radius 1 is 0.636 bits per heavy atom. The standard InChI is InChI=1S/C20H40O2/c1-2-3-4-5-6-7-8-9-10-11-12-13-14-15-16-17-19-22-20-18-21/h14-15,21H,2-13,16-20H2,1H3. The molecule has 0 aliphatic rings. The maximum atomic E-state index is 8.56. The minimum atomic E-state index is 0.134. The summed E-state index contributed by atoms with van der Waals surface area (Å²) in [7, 11) is 0. The molecule has 0 heterocycles. The van der Waals surface area contributed by atoms with Crippen LogP contribution in [0.2, 0.25) is 0 Å². The summed E-state index contributed by atoms with van der Waals surface area (Å²) in [5.41, 5.74) is 0. The molecule has 22 heavy (non-hydrogen) atoms. The van der Waals surface area contributed by atoms with Crippen molar-refractivity contribution in [1.29, 1.82) is 0 Å².